The maximum Gasteiger partial charge on any atom is 0.331 e. The van der Waals surface area contributed by atoms with E-state index >= 15 is 0 Å². The fraction of sp³-hybridized carbons (Fsp3) is 0.0909. The Kier molecular flexibility index (Phi) is 4.54. The minimum atomic E-state index is -1.16. The molecule has 1 aromatic rings. The first-order valence-corrected chi connectivity index (χ1v) is 5.34. The van der Waals surface area contributed by atoms with E-state index < -0.39 is 11.9 Å². The van der Waals surface area contributed by atoms with E-state index in [1.165, 1.54) is 6.92 Å². The molecule has 1 aromatic carbocycles. The SMILES string of the molecule is C/C(=C\C(=O)Nc1c(Cl)cccc1Cl)C(=O)O. The summed E-state index contributed by atoms with van der Waals surface area (Å²) >= 11 is 11.7. The van der Waals surface area contributed by atoms with Crippen LogP contribution in [0.25, 0.3) is 0 Å². The number of benzene rings is 1. The molecule has 0 aliphatic rings. The van der Waals surface area contributed by atoms with Crippen molar-refractivity contribution in [2.45, 2.75) is 6.92 Å². The summed E-state index contributed by atoms with van der Waals surface area (Å²) in [6, 6.07) is 4.77. The number of amides is 1. The molecule has 4 nitrogen and oxygen atoms in total. The second-order valence-corrected chi connectivity index (χ2v) is 4.03. The zero-order valence-corrected chi connectivity index (χ0v) is 10.3. The topological polar surface area (TPSA) is 66.4 Å². The molecule has 90 valence electrons. The second-order valence-electron chi connectivity index (χ2n) is 3.22. The summed E-state index contributed by atoms with van der Waals surface area (Å²) in [6.45, 7) is 1.32. The van der Waals surface area contributed by atoms with Crippen molar-refractivity contribution >= 4 is 40.8 Å². The van der Waals surface area contributed by atoms with E-state index in [1.54, 1.807) is 18.2 Å². The normalized spacial score (nSPS) is 11.1. The molecule has 0 heterocycles. The number of anilines is 1. The minimum absolute atomic E-state index is 0.0781. The number of carbonyl (C=O) groups excluding carboxylic acids is 1. The largest absolute Gasteiger partial charge is 0.478 e. The van der Waals surface area contributed by atoms with Crippen molar-refractivity contribution in [2.24, 2.45) is 0 Å². The third-order valence-corrected chi connectivity index (χ3v) is 2.53. The van der Waals surface area contributed by atoms with Crippen molar-refractivity contribution in [3.63, 3.8) is 0 Å². The highest BCUT2D eigenvalue weighted by Crippen LogP contribution is 2.29. The third kappa shape index (κ3) is 3.76. The zero-order valence-electron chi connectivity index (χ0n) is 8.83. The second kappa shape index (κ2) is 5.70. The lowest BCUT2D eigenvalue weighted by Gasteiger charge is -2.06. The Hall–Kier alpha value is -1.52. The highest BCUT2D eigenvalue weighted by molar-refractivity contribution is 6.39. The molecule has 0 saturated carbocycles. The predicted octanol–water partition coefficient (Wildman–Crippen LogP) is 2.96. The molecule has 0 fully saturated rings. The zero-order chi connectivity index (χ0) is 13.0. The van der Waals surface area contributed by atoms with Gasteiger partial charge in [-0.05, 0) is 19.1 Å². The molecular weight excluding hydrogens is 265 g/mol. The van der Waals surface area contributed by atoms with Crippen molar-refractivity contribution in [1.29, 1.82) is 0 Å². The highest BCUT2D eigenvalue weighted by atomic mass is 35.5. The monoisotopic (exact) mass is 273 g/mol. The number of carboxylic acids is 1. The number of rotatable bonds is 3. The van der Waals surface area contributed by atoms with Gasteiger partial charge in [-0.25, -0.2) is 4.79 Å². The van der Waals surface area contributed by atoms with Gasteiger partial charge >= 0.3 is 5.97 Å². The van der Waals surface area contributed by atoms with Crippen LogP contribution in [0.15, 0.2) is 29.8 Å². The van der Waals surface area contributed by atoms with E-state index in [9.17, 15) is 9.59 Å². The van der Waals surface area contributed by atoms with Gasteiger partial charge < -0.3 is 10.4 Å². The van der Waals surface area contributed by atoms with Crippen LogP contribution >= 0.6 is 23.2 Å². The van der Waals surface area contributed by atoms with Crippen LogP contribution in [0.1, 0.15) is 6.92 Å². The molecule has 0 aromatic heterocycles. The molecule has 0 bridgehead atoms. The lowest BCUT2D eigenvalue weighted by atomic mass is 10.2. The number of carbonyl (C=O) groups is 2. The summed E-state index contributed by atoms with van der Waals surface area (Å²) in [4.78, 5) is 22.0. The average Bonchev–Trinajstić information content (AvgIpc) is 2.23. The third-order valence-electron chi connectivity index (χ3n) is 1.90. The van der Waals surface area contributed by atoms with Gasteiger partial charge in [0.1, 0.15) is 0 Å². The summed E-state index contributed by atoms with van der Waals surface area (Å²) < 4.78 is 0. The van der Waals surface area contributed by atoms with Crippen LogP contribution in [0.4, 0.5) is 5.69 Å². The molecule has 0 radical (unpaired) electrons. The van der Waals surface area contributed by atoms with Crippen LogP contribution in [0, 0.1) is 0 Å². The molecule has 2 N–H and O–H groups in total. The summed E-state index contributed by atoms with van der Waals surface area (Å²) in [6.07, 6.45) is 0.960. The van der Waals surface area contributed by atoms with E-state index in [1.807, 2.05) is 0 Å². The van der Waals surface area contributed by atoms with Gasteiger partial charge in [-0.2, -0.15) is 0 Å². The van der Waals surface area contributed by atoms with E-state index in [0.717, 1.165) is 6.08 Å². The maximum absolute atomic E-state index is 11.5. The summed E-state index contributed by atoms with van der Waals surface area (Å²) in [7, 11) is 0. The van der Waals surface area contributed by atoms with Gasteiger partial charge in [0, 0.05) is 11.6 Å². The Balaban J connectivity index is 2.89. The summed E-state index contributed by atoms with van der Waals surface area (Å²) in [5.74, 6) is -1.76. The Morgan fingerprint density at radius 1 is 1.29 bits per heavy atom. The Bertz CT molecular complexity index is 477. The Morgan fingerprint density at radius 3 is 2.29 bits per heavy atom. The smallest absolute Gasteiger partial charge is 0.331 e. The molecule has 0 aliphatic carbocycles. The Labute approximate surface area is 108 Å². The van der Waals surface area contributed by atoms with Crippen LogP contribution in [-0.4, -0.2) is 17.0 Å². The lowest BCUT2D eigenvalue weighted by molar-refractivity contribution is -0.132. The first-order chi connectivity index (χ1) is 7.91. The van der Waals surface area contributed by atoms with Gasteiger partial charge in [0.05, 0.1) is 15.7 Å². The number of halogens is 2. The molecule has 0 saturated heterocycles. The molecule has 17 heavy (non-hydrogen) atoms. The fourth-order valence-electron chi connectivity index (χ4n) is 1.03. The van der Waals surface area contributed by atoms with Gasteiger partial charge in [0.2, 0.25) is 5.91 Å². The van der Waals surface area contributed by atoms with Crippen molar-refractivity contribution in [3.8, 4) is 0 Å². The maximum atomic E-state index is 11.5. The van der Waals surface area contributed by atoms with Gasteiger partial charge in [0.25, 0.3) is 0 Å². The van der Waals surface area contributed by atoms with Crippen molar-refractivity contribution in [3.05, 3.63) is 39.9 Å². The fourth-order valence-corrected chi connectivity index (χ4v) is 1.53. The van der Waals surface area contributed by atoms with E-state index in [4.69, 9.17) is 28.3 Å². The molecule has 1 rings (SSSR count). The van der Waals surface area contributed by atoms with Gasteiger partial charge in [-0.15, -0.1) is 0 Å². The average molecular weight is 274 g/mol. The molecule has 0 aliphatic heterocycles. The lowest BCUT2D eigenvalue weighted by Crippen LogP contribution is -2.11. The number of nitrogens with one attached hydrogen (secondary N) is 1. The first-order valence-electron chi connectivity index (χ1n) is 4.58. The number of hydrogen-bond acceptors (Lipinski definition) is 2. The van der Waals surface area contributed by atoms with Gasteiger partial charge in [-0.3, -0.25) is 4.79 Å². The van der Waals surface area contributed by atoms with Crippen LogP contribution < -0.4 is 5.32 Å². The highest BCUT2D eigenvalue weighted by Gasteiger charge is 2.09. The first kappa shape index (κ1) is 13.5. The van der Waals surface area contributed by atoms with Gasteiger partial charge in [-0.1, -0.05) is 29.3 Å². The molecule has 6 heteroatoms. The number of para-hydroxylation sites is 1. The number of carboxylic acid groups (broad SMARTS) is 1. The van der Waals surface area contributed by atoms with Crippen molar-refractivity contribution in [2.75, 3.05) is 5.32 Å². The van der Waals surface area contributed by atoms with Crippen molar-refractivity contribution in [1.82, 2.24) is 0 Å². The van der Waals surface area contributed by atoms with E-state index in [2.05, 4.69) is 5.32 Å². The summed E-state index contributed by atoms with van der Waals surface area (Å²) in [5.41, 5.74) is 0.181. The Morgan fingerprint density at radius 2 is 1.82 bits per heavy atom. The van der Waals surface area contributed by atoms with Crippen LogP contribution in [0.2, 0.25) is 10.0 Å². The molecular formula is C11H9Cl2NO3. The number of hydrogen-bond donors (Lipinski definition) is 2. The van der Waals surface area contributed by atoms with Crippen LogP contribution in [0.3, 0.4) is 0 Å². The molecule has 0 atom stereocenters. The minimum Gasteiger partial charge on any atom is -0.478 e. The van der Waals surface area contributed by atoms with Crippen LogP contribution in [0.5, 0.6) is 0 Å². The van der Waals surface area contributed by atoms with E-state index in [-0.39, 0.29) is 21.3 Å². The van der Waals surface area contributed by atoms with Gasteiger partial charge in [0.15, 0.2) is 0 Å². The standard InChI is InChI=1S/C11H9Cl2NO3/c1-6(11(16)17)5-9(15)14-10-7(12)3-2-4-8(10)13/h2-5H,1H3,(H,14,15)(H,16,17)/b6-5+. The molecule has 0 spiro atoms. The quantitative estimate of drug-likeness (QED) is 0.833. The number of aliphatic carboxylic acids is 1. The molecule has 0 unspecified atom stereocenters. The molecule has 1 amide bonds. The van der Waals surface area contributed by atoms with Crippen LogP contribution in [-0.2, 0) is 9.59 Å². The van der Waals surface area contributed by atoms with E-state index in [0.29, 0.717) is 0 Å². The van der Waals surface area contributed by atoms with Crippen molar-refractivity contribution < 1.29 is 14.7 Å². The summed E-state index contributed by atoms with van der Waals surface area (Å²) in [5, 5.41) is 11.6. The predicted molar refractivity (Wildman–Crippen MR) is 66.5 cm³/mol.